The van der Waals surface area contributed by atoms with Crippen molar-refractivity contribution in [3.63, 3.8) is 0 Å². The van der Waals surface area contributed by atoms with Gasteiger partial charge in [0.25, 0.3) is 17.7 Å². The maximum Gasteiger partial charge on any atom is 0.325 e. The number of rotatable bonds is 11. The molecule has 0 aliphatic heterocycles. The van der Waals surface area contributed by atoms with E-state index in [0.717, 1.165) is 0 Å². The Balaban J connectivity index is 1.16. The predicted octanol–water partition coefficient (Wildman–Crippen LogP) is 4.65. The Hall–Kier alpha value is -5.64. The summed E-state index contributed by atoms with van der Waals surface area (Å²) in [7, 11) is 1.56. The molecule has 4 aromatic rings. The smallest absolute Gasteiger partial charge is 0.325 e. The number of ether oxygens (including phenoxy) is 3. The van der Waals surface area contributed by atoms with Crippen LogP contribution in [0.3, 0.4) is 0 Å². The molecule has 3 N–H and O–H groups in total. The standard InChI is InChI=1S/C31H27N3O7/c1-39-25-17-13-24(14-18-25)34-31(38)22-7-11-23(12-8-22)33-28(35)20-40-29(36)19-32-30(37)21-9-15-27(16-10-21)41-26-5-3-2-4-6-26/h2-18H,19-20H2,1H3,(H,32,37)(H,33,35)(H,34,38). The SMILES string of the molecule is COc1ccc(NC(=O)c2ccc(NC(=O)COC(=O)CNC(=O)c3ccc(Oc4ccccc4)cc3)cc2)cc1. The van der Waals surface area contributed by atoms with Crippen molar-refractivity contribution in [1.29, 1.82) is 0 Å². The van der Waals surface area contributed by atoms with Gasteiger partial charge >= 0.3 is 5.97 Å². The molecule has 0 aromatic heterocycles. The molecule has 10 heteroatoms. The number of anilines is 2. The van der Waals surface area contributed by atoms with E-state index in [1.54, 1.807) is 79.9 Å². The van der Waals surface area contributed by atoms with Crippen LogP contribution in [-0.2, 0) is 14.3 Å². The molecule has 41 heavy (non-hydrogen) atoms. The van der Waals surface area contributed by atoms with Gasteiger partial charge in [0.1, 0.15) is 23.8 Å². The van der Waals surface area contributed by atoms with Gasteiger partial charge in [-0.3, -0.25) is 19.2 Å². The van der Waals surface area contributed by atoms with Crippen LogP contribution < -0.4 is 25.4 Å². The van der Waals surface area contributed by atoms with E-state index < -0.39 is 30.9 Å². The summed E-state index contributed by atoms with van der Waals surface area (Å²) in [5, 5.41) is 7.80. The van der Waals surface area contributed by atoms with Gasteiger partial charge in [-0.1, -0.05) is 18.2 Å². The molecule has 0 radical (unpaired) electrons. The van der Waals surface area contributed by atoms with Crippen LogP contribution in [0.15, 0.2) is 103 Å². The molecule has 0 aliphatic carbocycles. The molecule has 0 atom stereocenters. The summed E-state index contributed by atoms with van der Waals surface area (Å²) < 4.78 is 15.7. The van der Waals surface area contributed by atoms with Crippen molar-refractivity contribution in [3.05, 3.63) is 114 Å². The van der Waals surface area contributed by atoms with E-state index in [9.17, 15) is 19.2 Å². The quantitative estimate of drug-likeness (QED) is 0.230. The number of benzene rings is 4. The third kappa shape index (κ3) is 8.69. The fraction of sp³-hybridized carbons (Fsp3) is 0.0968. The first kappa shape index (κ1) is 28.4. The molecule has 0 saturated heterocycles. The number of carbonyl (C=O) groups excluding carboxylic acids is 4. The molecule has 0 spiro atoms. The van der Waals surface area contributed by atoms with Crippen molar-refractivity contribution in [1.82, 2.24) is 5.32 Å². The maximum atomic E-state index is 12.4. The average Bonchev–Trinajstić information content (AvgIpc) is 3.00. The Morgan fingerprint density at radius 3 is 1.80 bits per heavy atom. The van der Waals surface area contributed by atoms with E-state index in [-0.39, 0.29) is 5.91 Å². The highest BCUT2D eigenvalue weighted by Crippen LogP contribution is 2.21. The maximum absolute atomic E-state index is 12.4. The molecular formula is C31H27N3O7. The lowest BCUT2D eigenvalue weighted by atomic mass is 10.2. The molecule has 0 fully saturated rings. The summed E-state index contributed by atoms with van der Waals surface area (Å²) in [5.74, 6) is -0.243. The van der Waals surface area contributed by atoms with E-state index in [4.69, 9.17) is 14.2 Å². The summed E-state index contributed by atoms with van der Waals surface area (Å²) in [6.45, 7) is -0.952. The third-order valence-corrected chi connectivity index (χ3v) is 5.63. The second-order valence-electron chi connectivity index (χ2n) is 8.59. The second kappa shape index (κ2) is 13.9. The second-order valence-corrected chi connectivity index (χ2v) is 8.59. The van der Waals surface area contributed by atoms with Crippen LogP contribution in [-0.4, -0.2) is 44.0 Å². The van der Waals surface area contributed by atoms with Crippen LogP contribution in [0, 0.1) is 0 Å². The monoisotopic (exact) mass is 553 g/mol. The van der Waals surface area contributed by atoms with Gasteiger partial charge in [0, 0.05) is 22.5 Å². The zero-order valence-electron chi connectivity index (χ0n) is 22.1. The van der Waals surface area contributed by atoms with Gasteiger partial charge in [-0.2, -0.15) is 0 Å². The van der Waals surface area contributed by atoms with Crippen LogP contribution in [0.5, 0.6) is 17.2 Å². The highest BCUT2D eigenvalue weighted by Gasteiger charge is 2.12. The van der Waals surface area contributed by atoms with Gasteiger partial charge in [0.2, 0.25) is 0 Å². The summed E-state index contributed by atoms with van der Waals surface area (Å²) in [4.78, 5) is 49.0. The first-order valence-electron chi connectivity index (χ1n) is 12.5. The van der Waals surface area contributed by atoms with Crippen LogP contribution in [0.25, 0.3) is 0 Å². The van der Waals surface area contributed by atoms with Gasteiger partial charge < -0.3 is 30.2 Å². The Labute approximate surface area is 236 Å². The minimum Gasteiger partial charge on any atom is -0.497 e. The molecule has 208 valence electrons. The summed E-state index contributed by atoms with van der Waals surface area (Å²) in [5.41, 5.74) is 1.74. The lowest BCUT2D eigenvalue weighted by molar-refractivity contribution is -0.146. The lowest BCUT2D eigenvalue weighted by Crippen LogP contribution is -2.32. The summed E-state index contributed by atoms with van der Waals surface area (Å²) in [6.07, 6.45) is 0. The zero-order chi connectivity index (χ0) is 29.0. The van der Waals surface area contributed by atoms with Gasteiger partial charge in [-0.25, -0.2) is 0 Å². The highest BCUT2D eigenvalue weighted by molar-refractivity contribution is 6.04. The van der Waals surface area contributed by atoms with E-state index >= 15 is 0 Å². The fourth-order valence-corrected chi connectivity index (χ4v) is 3.53. The van der Waals surface area contributed by atoms with E-state index in [0.29, 0.717) is 39.8 Å². The molecule has 0 saturated carbocycles. The zero-order valence-corrected chi connectivity index (χ0v) is 22.1. The largest absolute Gasteiger partial charge is 0.497 e. The minimum absolute atomic E-state index is 0.319. The van der Waals surface area contributed by atoms with Crippen molar-refractivity contribution < 1.29 is 33.4 Å². The van der Waals surface area contributed by atoms with Crippen LogP contribution in [0.4, 0.5) is 11.4 Å². The van der Waals surface area contributed by atoms with Crippen LogP contribution in [0.2, 0.25) is 0 Å². The molecule has 10 nitrogen and oxygen atoms in total. The molecule has 4 rings (SSSR count). The summed E-state index contributed by atoms with van der Waals surface area (Å²) >= 11 is 0. The van der Waals surface area contributed by atoms with Crippen molar-refractivity contribution in [2.24, 2.45) is 0 Å². The van der Waals surface area contributed by atoms with Crippen LogP contribution >= 0.6 is 0 Å². The van der Waals surface area contributed by atoms with Gasteiger partial charge in [0.05, 0.1) is 7.11 Å². The first-order valence-corrected chi connectivity index (χ1v) is 12.5. The number of hydrogen-bond donors (Lipinski definition) is 3. The number of para-hydroxylation sites is 1. The van der Waals surface area contributed by atoms with Gasteiger partial charge in [-0.05, 0) is 84.9 Å². The third-order valence-electron chi connectivity index (χ3n) is 5.63. The van der Waals surface area contributed by atoms with Crippen molar-refractivity contribution >= 4 is 35.1 Å². The van der Waals surface area contributed by atoms with E-state index in [2.05, 4.69) is 16.0 Å². The Morgan fingerprint density at radius 1 is 0.610 bits per heavy atom. The first-order chi connectivity index (χ1) is 19.9. The number of methoxy groups -OCH3 is 1. The van der Waals surface area contributed by atoms with E-state index in [1.165, 1.54) is 0 Å². The number of carbonyl (C=O) groups is 4. The van der Waals surface area contributed by atoms with Crippen molar-refractivity contribution in [2.75, 3.05) is 30.9 Å². The Bertz CT molecular complexity index is 1490. The fourth-order valence-electron chi connectivity index (χ4n) is 3.53. The molecule has 0 unspecified atom stereocenters. The highest BCUT2D eigenvalue weighted by atomic mass is 16.5. The number of amides is 3. The Morgan fingerprint density at radius 2 is 1.15 bits per heavy atom. The van der Waals surface area contributed by atoms with Gasteiger partial charge in [-0.15, -0.1) is 0 Å². The topological polar surface area (TPSA) is 132 Å². The molecule has 0 heterocycles. The lowest BCUT2D eigenvalue weighted by Gasteiger charge is -2.09. The number of esters is 1. The van der Waals surface area contributed by atoms with Crippen molar-refractivity contribution in [2.45, 2.75) is 0 Å². The van der Waals surface area contributed by atoms with Gasteiger partial charge in [0.15, 0.2) is 6.61 Å². The molecule has 0 bridgehead atoms. The Kier molecular flexibility index (Phi) is 9.65. The molecule has 4 aromatic carbocycles. The molecule has 0 aliphatic rings. The average molecular weight is 554 g/mol. The van der Waals surface area contributed by atoms with Crippen molar-refractivity contribution in [3.8, 4) is 17.2 Å². The molecular weight excluding hydrogens is 526 g/mol. The molecule has 3 amide bonds. The van der Waals surface area contributed by atoms with Crippen LogP contribution in [0.1, 0.15) is 20.7 Å². The number of nitrogens with one attached hydrogen (secondary N) is 3. The summed E-state index contributed by atoms with van der Waals surface area (Å²) in [6, 6.07) is 28.8. The minimum atomic E-state index is -0.775. The normalized spacial score (nSPS) is 10.2. The number of hydrogen-bond acceptors (Lipinski definition) is 7. The predicted molar refractivity (Wildman–Crippen MR) is 152 cm³/mol. The van der Waals surface area contributed by atoms with E-state index in [1.807, 2.05) is 30.3 Å².